The number of ether oxygens (including phenoxy) is 1. The van der Waals surface area contributed by atoms with Gasteiger partial charge < -0.3 is 9.64 Å². The Bertz CT molecular complexity index is 728. The Labute approximate surface area is 176 Å². The largest absolute Gasteiger partial charge is 0.457 e. The minimum Gasteiger partial charge on any atom is -0.457 e. The molecular weight excluding hydrogens is 358 g/mol. The highest BCUT2D eigenvalue weighted by Crippen LogP contribution is 2.44. The molecule has 3 rings (SSSR count). The number of rotatable bonds is 11. The molecule has 156 valence electrons. The summed E-state index contributed by atoms with van der Waals surface area (Å²) in [6.45, 7) is 6.16. The molecule has 2 aromatic carbocycles. The molecule has 2 aromatic rings. The number of unbranched alkanes of at least 4 members (excludes halogenated alkanes) is 6. The Kier molecular flexibility index (Phi) is 8.15. The highest BCUT2D eigenvalue weighted by atomic mass is 16.5. The summed E-state index contributed by atoms with van der Waals surface area (Å²) in [5.41, 5.74) is 1.98. The number of hydrogen-bond donors (Lipinski definition) is 0. The molecule has 0 N–H and O–H groups in total. The average Bonchev–Trinajstić information content (AvgIpc) is 2.76. The van der Waals surface area contributed by atoms with Crippen LogP contribution in [0.1, 0.15) is 82.3 Å². The highest BCUT2D eigenvalue weighted by molar-refractivity contribution is 5.89. The molecule has 0 aromatic heterocycles. The van der Waals surface area contributed by atoms with Crippen LogP contribution in [0.25, 0.3) is 0 Å². The molecule has 1 aliphatic rings. The van der Waals surface area contributed by atoms with Gasteiger partial charge in [-0.1, -0.05) is 88.8 Å². The molecule has 0 fully saturated rings. The Morgan fingerprint density at radius 1 is 0.759 bits per heavy atom. The molecule has 0 radical (unpaired) electrons. The molecule has 0 spiro atoms. The van der Waals surface area contributed by atoms with Crippen LogP contribution in [0.5, 0.6) is 11.5 Å². The third kappa shape index (κ3) is 5.41. The smallest absolute Gasteiger partial charge is 0.234 e. The Hall–Kier alpha value is -2.29. The Balaban J connectivity index is 1.83. The van der Waals surface area contributed by atoms with Crippen LogP contribution < -0.4 is 4.74 Å². The van der Waals surface area contributed by atoms with E-state index in [0.717, 1.165) is 48.6 Å². The van der Waals surface area contributed by atoms with E-state index in [1.165, 1.54) is 38.5 Å². The number of amides is 1. The Morgan fingerprint density at radius 2 is 1.24 bits per heavy atom. The maximum Gasteiger partial charge on any atom is 0.234 e. The molecule has 0 atom stereocenters. The normalized spacial score (nSPS) is 12.8. The van der Waals surface area contributed by atoms with Gasteiger partial charge in [0.1, 0.15) is 11.5 Å². The second-order valence-electron chi connectivity index (χ2n) is 8.06. The summed E-state index contributed by atoms with van der Waals surface area (Å²) in [5.74, 6) is 1.57. The zero-order chi connectivity index (χ0) is 20.5. The Morgan fingerprint density at radius 3 is 1.72 bits per heavy atom. The van der Waals surface area contributed by atoms with Crippen molar-refractivity contribution in [2.45, 2.75) is 71.1 Å². The third-order valence-corrected chi connectivity index (χ3v) is 5.80. The van der Waals surface area contributed by atoms with Crippen molar-refractivity contribution in [1.29, 1.82) is 0 Å². The summed E-state index contributed by atoms with van der Waals surface area (Å²) >= 11 is 0. The van der Waals surface area contributed by atoms with E-state index >= 15 is 0 Å². The molecule has 0 bridgehead atoms. The number of benzene rings is 2. The predicted molar refractivity (Wildman–Crippen MR) is 120 cm³/mol. The van der Waals surface area contributed by atoms with Crippen LogP contribution in [0, 0.1) is 0 Å². The second kappa shape index (κ2) is 11.0. The first-order valence-electron chi connectivity index (χ1n) is 11.4. The van der Waals surface area contributed by atoms with Crippen molar-refractivity contribution in [3.63, 3.8) is 0 Å². The number of carbonyl (C=O) groups is 1. The molecule has 3 nitrogen and oxygen atoms in total. The molecule has 0 saturated heterocycles. The maximum atomic E-state index is 13.8. The summed E-state index contributed by atoms with van der Waals surface area (Å²) in [4.78, 5) is 15.9. The van der Waals surface area contributed by atoms with Gasteiger partial charge in [0.05, 0.1) is 5.92 Å². The van der Waals surface area contributed by atoms with Crippen LogP contribution in [-0.4, -0.2) is 23.9 Å². The van der Waals surface area contributed by atoms with Gasteiger partial charge in [-0.25, -0.2) is 0 Å². The van der Waals surface area contributed by atoms with Gasteiger partial charge >= 0.3 is 0 Å². The second-order valence-corrected chi connectivity index (χ2v) is 8.06. The minimum atomic E-state index is -0.270. The molecule has 0 saturated carbocycles. The third-order valence-electron chi connectivity index (χ3n) is 5.80. The van der Waals surface area contributed by atoms with Gasteiger partial charge in [0.2, 0.25) is 5.91 Å². The van der Waals surface area contributed by atoms with E-state index < -0.39 is 0 Å². The van der Waals surface area contributed by atoms with E-state index in [4.69, 9.17) is 4.74 Å². The minimum absolute atomic E-state index is 0.223. The molecule has 0 aliphatic carbocycles. The molecular formula is C26H35NO2. The quantitative estimate of drug-likeness (QED) is 0.388. The first-order valence-corrected chi connectivity index (χ1v) is 11.4. The van der Waals surface area contributed by atoms with E-state index in [9.17, 15) is 4.79 Å². The van der Waals surface area contributed by atoms with Crippen LogP contribution in [0.3, 0.4) is 0 Å². The molecule has 1 heterocycles. The number of fused-ring (bicyclic) bond motifs is 2. The fraction of sp³-hybridized carbons (Fsp3) is 0.500. The van der Waals surface area contributed by atoms with Crippen LogP contribution in [-0.2, 0) is 4.79 Å². The van der Waals surface area contributed by atoms with Crippen LogP contribution in [0.15, 0.2) is 48.5 Å². The fourth-order valence-electron chi connectivity index (χ4n) is 4.15. The van der Waals surface area contributed by atoms with Gasteiger partial charge in [-0.15, -0.1) is 0 Å². The van der Waals surface area contributed by atoms with Crippen molar-refractivity contribution in [2.75, 3.05) is 13.1 Å². The predicted octanol–water partition coefficient (Wildman–Crippen LogP) is 6.91. The lowest BCUT2D eigenvalue weighted by Gasteiger charge is -2.32. The summed E-state index contributed by atoms with van der Waals surface area (Å²) in [6.07, 6.45) is 9.45. The zero-order valence-electron chi connectivity index (χ0n) is 18.0. The van der Waals surface area contributed by atoms with E-state index in [0.29, 0.717) is 0 Å². The topological polar surface area (TPSA) is 29.5 Å². The number of nitrogens with zero attached hydrogens (tertiary/aromatic N) is 1. The lowest BCUT2D eigenvalue weighted by molar-refractivity contribution is -0.132. The molecule has 0 unspecified atom stereocenters. The summed E-state index contributed by atoms with van der Waals surface area (Å²) in [7, 11) is 0. The zero-order valence-corrected chi connectivity index (χ0v) is 18.0. The van der Waals surface area contributed by atoms with E-state index in [2.05, 4.69) is 18.7 Å². The van der Waals surface area contributed by atoms with Crippen molar-refractivity contribution in [2.24, 2.45) is 0 Å². The van der Waals surface area contributed by atoms with E-state index in [1.807, 2.05) is 48.5 Å². The van der Waals surface area contributed by atoms with E-state index in [-0.39, 0.29) is 11.8 Å². The summed E-state index contributed by atoms with van der Waals surface area (Å²) in [6, 6.07) is 16.0. The summed E-state index contributed by atoms with van der Waals surface area (Å²) < 4.78 is 6.09. The number of carbonyl (C=O) groups excluding carboxylic acids is 1. The standard InChI is InChI=1S/C26H35NO2/c1-3-5-7-13-19-27(20-14-8-6-4-2)26(28)25-21-15-9-11-17-23(21)29-24-18-12-10-16-22(24)25/h9-12,15-18,25H,3-8,13-14,19-20H2,1-2H3. The lowest BCUT2D eigenvalue weighted by Crippen LogP contribution is -2.38. The average molecular weight is 394 g/mol. The monoisotopic (exact) mass is 393 g/mol. The van der Waals surface area contributed by atoms with Crippen molar-refractivity contribution >= 4 is 5.91 Å². The first-order chi connectivity index (χ1) is 14.3. The van der Waals surface area contributed by atoms with Crippen molar-refractivity contribution in [1.82, 2.24) is 4.90 Å². The highest BCUT2D eigenvalue weighted by Gasteiger charge is 2.34. The van der Waals surface area contributed by atoms with Gasteiger partial charge in [-0.3, -0.25) is 4.79 Å². The van der Waals surface area contributed by atoms with Gasteiger partial charge in [-0.05, 0) is 25.0 Å². The summed E-state index contributed by atoms with van der Waals surface area (Å²) in [5, 5.41) is 0. The van der Waals surface area contributed by atoms with Crippen molar-refractivity contribution in [3.05, 3.63) is 59.7 Å². The fourth-order valence-corrected chi connectivity index (χ4v) is 4.15. The number of hydrogen-bond acceptors (Lipinski definition) is 2. The molecule has 3 heteroatoms. The molecule has 1 aliphatic heterocycles. The SMILES string of the molecule is CCCCCCN(CCCCCC)C(=O)C1c2ccccc2Oc2ccccc21. The van der Waals surface area contributed by atoms with Crippen molar-refractivity contribution < 1.29 is 9.53 Å². The molecule has 1 amide bonds. The van der Waals surface area contributed by atoms with Gasteiger partial charge in [0.15, 0.2) is 0 Å². The van der Waals surface area contributed by atoms with Gasteiger partial charge in [-0.2, -0.15) is 0 Å². The van der Waals surface area contributed by atoms with Crippen LogP contribution >= 0.6 is 0 Å². The van der Waals surface area contributed by atoms with E-state index in [1.54, 1.807) is 0 Å². The van der Waals surface area contributed by atoms with Gasteiger partial charge in [0, 0.05) is 24.2 Å². The van der Waals surface area contributed by atoms with Crippen molar-refractivity contribution in [3.8, 4) is 11.5 Å². The number of para-hydroxylation sites is 2. The lowest BCUT2D eigenvalue weighted by atomic mass is 9.86. The maximum absolute atomic E-state index is 13.8. The van der Waals surface area contributed by atoms with Gasteiger partial charge in [0.25, 0.3) is 0 Å². The van der Waals surface area contributed by atoms with Crippen LogP contribution in [0.2, 0.25) is 0 Å². The first kappa shape index (κ1) is 21.4. The molecule has 29 heavy (non-hydrogen) atoms. The van der Waals surface area contributed by atoms with Crippen LogP contribution in [0.4, 0.5) is 0 Å².